The minimum Gasteiger partial charge on any atom is -0.385 e. The average Bonchev–Trinajstić information content (AvgIpc) is 2.74. The minimum atomic E-state index is 0.814. The number of ether oxygens (including phenoxy) is 1. The lowest BCUT2D eigenvalue weighted by molar-refractivity contribution is 0.192. The Balaban J connectivity index is 2.05. The predicted octanol–water partition coefficient (Wildman–Crippen LogP) is 3.36. The van der Waals surface area contributed by atoms with Crippen molar-refractivity contribution < 1.29 is 4.74 Å². The molecule has 2 atom stereocenters. The molecule has 1 aliphatic rings. The Labute approximate surface area is 101 Å². The van der Waals surface area contributed by atoms with E-state index in [1.807, 2.05) is 0 Å². The summed E-state index contributed by atoms with van der Waals surface area (Å²) < 4.78 is 5.06. The maximum atomic E-state index is 5.06. The van der Waals surface area contributed by atoms with Crippen LogP contribution in [0.1, 0.15) is 58.3 Å². The first-order chi connectivity index (χ1) is 7.88. The van der Waals surface area contributed by atoms with Crippen LogP contribution in [0.3, 0.4) is 0 Å². The van der Waals surface area contributed by atoms with Crippen molar-refractivity contribution in [2.24, 2.45) is 5.92 Å². The van der Waals surface area contributed by atoms with E-state index in [0.717, 1.165) is 18.6 Å². The number of nitrogens with one attached hydrogen (secondary N) is 1. The van der Waals surface area contributed by atoms with Crippen molar-refractivity contribution in [3.63, 3.8) is 0 Å². The maximum absolute atomic E-state index is 5.06. The van der Waals surface area contributed by atoms with Gasteiger partial charge in [0.15, 0.2) is 0 Å². The van der Waals surface area contributed by atoms with Crippen LogP contribution >= 0.6 is 0 Å². The lowest BCUT2D eigenvalue weighted by Crippen LogP contribution is -2.33. The summed E-state index contributed by atoms with van der Waals surface area (Å²) in [6, 6.07) is 0.814. The summed E-state index contributed by atoms with van der Waals surface area (Å²) in [4.78, 5) is 0. The second-order valence-electron chi connectivity index (χ2n) is 5.09. The van der Waals surface area contributed by atoms with Gasteiger partial charge in [0.2, 0.25) is 0 Å². The minimum absolute atomic E-state index is 0.814. The third-order valence-corrected chi connectivity index (χ3v) is 3.77. The fourth-order valence-electron chi connectivity index (χ4n) is 2.78. The van der Waals surface area contributed by atoms with Gasteiger partial charge in [-0.25, -0.2) is 0 Å². The highest BCUT2D eigenvalue weighted by Crippen LogP contribution is 2.29. The normalized spacial score (nSPS) is 25.1. The highest BCUT2D eigenvalue weighted by molar-refractivity contribution is 4.82. The topological polar surface area (TPSA) is 21.3 Å². The molecule has 16 heavy (non-hydrogen) atoms. The van der Waals surface area contributed by atoms with Crippen LogP contribution in [0, 0.1) is 5.92 Å². The van der Waals surface area contributed by atoms with Gasteiger partial charge in [0, 0.05) is 19.8 Å². The van der Waals surface area contributed by atoms with Crippen molar-refractivity contribution >= 4 is 0 Å². The van der Waals surface area contributed by atoms with Gasteiger partial charge in [-0.1, -0.05) is 26.2 Å². The standard InChI is InChI=1S/C14H29NO/c1-3-4-8-13-9-7-10-14(13)15-11-5-6-12-16-2/h13-15H,3-12H2,1-2H3. The van der Waals surface area contributed by atoms with Crippen LogP contribution in [0.15, 0.2) is 0 Å². The zero-order chi connectivity index (χ0) is 11.6. The second kappa shape index (κ2) is 9.00. The zero-order valence-corrected chi connectivity index (χ0v) is 11.1. The zero-order valence-electron chi connectivity index (χ0n) is 11.1. The van der Waals surface area contributed by atoms with Gasteiger partial charge in [0.25, 0.3) is 0 Å². The molecule has 2 heteroatoms. The van der Waals surface area contributed by atoms with Crippen LogP contribution in [-0.2, 0) is 4.74 Å². The quantitative estimate of drug-likeness (QED) is 0.610. The molecule has 2 unspecified atom stereocenters. The summed E-state index contributed by atoms with van der Waals surface area (Å²) >= 11 is 0. The third kappa shape index (κ3) is 5.31. The number of hydrogen-bond donors (Lipinski definition) is 1. The molecule has 0 saturated heterocycles. The molecule has 2 nitrogen and oxygen atoms in total. The maximum Gasteiger partial charge on any atom is 0.0462 e. The highest BCUT2D eigenvalue weighted by Gasteiger charge is 2.25. The summed E-state index contributed by atoms with van der Waals surface area (Å²) in [6.45, 7) is 4.38. The summed E-state index contributed by atoms with van der Waals surface area (Å²) in [5, 5.41) is 3.74. The molecule has 0 aliphatic heterocycles. The van der Waals surface area contributed by atoms with Crippen LogP contribution in [-0.4, -0.2) is 26.3 Å². The van der Waals surface area contributed by atoms with E-state index in [4.69, 9.17) is 4.74 Å². The van der Waals surface area contributed by atoms with Crippen molar-refractivity contribution in [1.29, 1.82) is 0 Å². The Hall–Kier alpha value is -0.0800. The van der Waals surface area contributed by atoms with Crippen LogP contribution in [0.4, 0.5) is 0 Å². The van der Waals surface area contributed by atoms with E-state index >= 15 is 0 Å². The van der Waals surface area contributed by atoms with Gasteiger partial charge in [-0.2, -0.15) is 0 Å². The van der Waals surface area contributed by atoms with E-state index in [2.05, 4.69) is 12.2 Å². The molecule has 0 bridgehead atoms. The van der Waals surface area contributed by atoms with Gasteiger partial charge in [-0.3, -0.25) is 0 Å². The molecule has 0 spiro atoms. The molecular formula is C14H29NO. The van der Waals surface area contributed by atoms with Crippen LogP contribution in [0.2, 0.25) is 0 Å². The number of methoxy groups -OCH3 is 1. The van der Waals surface area contributed by atoms with Crippen molar-refractivity contribution in [3.8, 4) is 0 Å². The van der Waals surface area contributed by atoms with E-state index in [1.54, 1.807) is 7.11 Å². The monoisotopic (exact) mass is 227 g/mol. The van der Waals surface area contributed by atoms with Gasteiger partial charge in [-0.15, -0.1) is 0 Å². The van der Waals surface area contributed by atoms with Gasteiger partial charge in [-0.05, 0) is 44.6 Å². The molecule has 0 heterocycles. The Morgan fingerprint density at radius 1 is 1.19 bits per heavy atom. The Morgan fingerprint density at radius 2 is 2.06 bits per heavy atom. The van der Waals surface area contributed by atoms with Gasteiger partial charge in [0.1, 0.15) is 0 Å². The lowest BCUT2D eigenvalue weighted by Gasteiger charge is -2.20. The molecule has 1 N–H and O–H groups in total. The Bertz CT molecular complexity index is 161. The van der Waals surface area contributed by atoms with E-state index in [1.165, 1.54) is 57.9 Å². The first-order valence-corrected chi connectivity index (χ1v) is 7.10. The van der Waals surface area contributed by atoms with Crippen molar-refractivity contribution in [2.45, 2.75) is 64.3 Å². The number of rotatable bonds is 9. The van der Waals surface area contributed by atoms with Crippen LogP contribution in [0.5, 0.6) is 0 Å². The first kappa shape index (κ1) is 14.0. The van der Waals surface area contributed by atoms with E-state index < -0.39 is 0 Å². The highest BCUT2D eigenvalue weighted by atomic mass is 16.5. The lowest BCUT2D eigenvalue weighted by atomic mass is 9.97. The SMILES string of the molecule is CCCCC1CCCC1NCCCCOC. The Kier molecular flexibility index (Phi) is 7.87. The van der Waals surface area contributed by atoms with E-state index in [-0.39, 0.29) is 0 Å². The molecular weight excluding hydrogens is 198 g/mol. The summed E-state index contributed by atoms with van der Waals surface area (Å²) in [6.07, 6.45) is 10.9. The van der Waals surface area contributed by atoms with Crippen molar-refractivity contribution in [2.75, 3.05) is 20.3 Å². The molecule has 1 fully saturated rings. The van der Waals surface area contributed by atoms with E-state index in [0.29, 0.717) is 0 Å². The summed E-state index contributed by atoms with van der Waals surface area (Å²) in [5.41, 5.74) is 0. The molecule has 1 saturated carbocycles. The van der Waals surface area contributed by atoms with Gasteiger partial charge in [0.05, 0.1) is 0 Å². The summed E-state index contributed by atoms with van der Waals surface area (Å²) in [5.74, 6) is 0.961. The molecule has 0 aromatic heterocycles. The smallest absolute Gasteiger partial charge is 0.0462 e. The largest absolute Gasteiger partial charge is 0.385 e. The van der Waals surface area contributed by atoms with Crippen molar-refractivity contribution in [1.82, 2.24) is 5.32 Å². The fraction of sp³-hybridized carbons (Fsp3) is 1.00. The van der Waals surface area contributed by atoms with Crippen LogP contribution in [0.25, 0.3) is 0 Å². The molecule has 0 radical (unpaired) electrons. The molecule has 1 rings (SSSR count). The Morgan fingerprint density at radius 3 is 2.81 bits per heavy atom. The molecule has 0 aromatic carbocycles. The number of unbranched alkanes of at least 4 members (excludes halogenated alkanes) is 2. The molecule has 0 amide bonds. The van der Waals surface area contributed by atoms with Gasteiger partial charge >= 0.3 is 0 Å². The first-order valence-electron chi connectivity index (χ1n) is 7.10. The molecule has 1 aliphatic carbocycles. The fourth-order valence-corrected chi connectivity index (χ4v) is 2.78. The third-order valence-electron chi connectivity index (χ3n) is 3.77. The second-order valence-corrected chi connectivity index (χ2v) is 5.09. The van der Waals surface area contributed by atoms with Crippen molar-refractivity contribution in [3.05, 3.63) is 0 Å². The summed E-state index contributed by atoms with van der Waals surface area (Å²) in [7, 11) is 1.78. The molecule has 0 aromatic rings. The van der Waals surface area contributed by atoms with Crippen LogP contribution < -0.4 is 5.32 Å². The molecule has 96 valence electrons. The average molecular weight is 227 g/mol. The predicted molar refractivity (Wildman–Crippen MR) is 69.8 cm³/mol. The van der Waals surface area contributed by atoms with E-state index in [9.17, 15) is 0 Å². The number of hydrogen-bond acceptors (Lipinski definition) is 2. The van der Waals surface area contributed by atoms with Gasteiger partial charge < -0.3 is 10.1 Å².